The van der Waals surface area contributed by atoms with Crippen LogP contribution in [0.1, 0.15) is 57.0 Å². The summed E-state index contributed by atoms with van der Waals surface area (Å²) in [7, 11) is 0. The lowest BCUT2D eigenvalue weighted by Gasteiger charge is -2.37. The number of likely N-dealkylation sites (N-methyl/N-ethyl adjacent to an activating group) is 1. The van der Waals surface area contributed by atoms with Crippen molar-refractivity contribution in [1.29, 1.82) is 0 Å². The number of piperidine rings is 1. The molecule has 3 rings (SSSR count). The van der Waals surface area contributed by atoms with E-state index < -0.39 is 5.97 Å². The number of aryl methyl sites for hydroxylation is 1. The third-order valence-corrected chi connectivity index (χ3v) is 6.80. The summed E-state index contributed by atoms with van der Waals surface area (Å²) in [5.74, 6) is -0.798. The zero-order chi connectivity index (χ0) is 19.6. The van der Waals surface area contributed by atoms with E-state index in [0.717, 1.165) is 31.4 Å². The highest BCUT2D eigenvalue weighted by molar-refractivity contribution is 7.15. The van der Waals surface area contributed by atoms with Gasteiger partial charge in [0.1, 0.15) is 0 Å². The van der Waals surface area contributed by atoms with E-state index in [1.54, 1.807) is 11.3 Å². The highest BCUT2D eigenvalue weighted by Crippen LogP contribution is 2.40. The molecule has 0 saturated carbocycles. The highest BCUT2D eigenvalue weighted by Gasteiger charge is 2.32. The van der Waals surface area contributed by atoms with E-state index in [9.17, 15) is 9.59 Å². The first-order valence-electron chi connectivity index (χ1n) is 9.82. The van der Waals surface area contributed by atoms with Crippen molar-refractivity contribution in [2.24, 2.45) is 0 Å². The summed E-state index contributed by atoms with van der Waals surface area (Å²) in [6.07, 6.45) is 4.96. The lowest BCUT2D eigenvalue weighted by Crippen LogP contribution is -2.49. The molecule has 1 aliphatic carbocycles. The van der Waals surface area contributed by atoms with E-state index in [2.05, 4.69) is 19.2 Å². The Hall–Kier alpha value is -1.67. The van der Waals surface area contributed by atoms with E-state index in [0.29, 0.717) is 24.8 Å². The van der Waals surface area contributed by atoms with Crippen LogP contribution in [0.2, 0.25) is 0 Å². The number of carboxylic acid groups (broad SMARTS) is 1. The average Bonchev–Trinajstić information content (AvgIpc) is 3.03. The number of fused-ring (bicyclic) bond motifs is 1. The van der Waals surface area contributed by atoms with Crippen molar-refractivity contribution in [3.8, 4) is 0 Å². The topological polar surface area (TPSA) is 85.8 Å². The maximum absolute atomic E-state index is 12.6. The van der Waals surface area contributed by atoms with Crippen LogP contribution >= 0.6 is 11.3 Å². The number of carbonyl (C=O) groups is 2. The first-order chi connectivity index (χ1) is 12.8. The summed E-state index contributed by atoms with van der Waals surface area (Å²) >= 11 is 1.60. The van der Waals surface area contributed by atoms with E-state index in [-0.39, 0.29) is 24.0 Å². The van der Waals surface area contributed by atoms with Gasteiger partial charge in [0.05, 0.1) is 12.2 Å². The van der Waals surface area contributed by atoms with Crippen LogP contribution in [-0.2, 0) is 16.6 Å². The molecule has 150 valence electrons. The van der Waals surface area contributed by atoms with E-state index in [1.807, 2.05) is 16.7 Å². The van der Waals surface area contributed by atoms with Crippen LogP contribution in [0.5, 0.6) is 0 Å². The predicted octanol–water partition coefficient (Wildman–Crippen LogP) is 3.16. The number of aromatic nitrogens is 1. The van der Waals surface area contributed by atoms with Crippen molar-refractivity contribution in [3.63, 3.8) is 0 Å². The van der Waals surface area contributed by atoms with Gasteiger partial charge in [0.15, 0.2) is 5.13 Å². The molecule has 7 nitrogen and oxygen atoms in total. The summed E-state index contributed by atoms with van der Waals surface area (Å²) in [6, 6.07) is 0.127. The molecular formula is C19H30N4O3S. The zero-order valence-electron chi connectivity index (χ0n) is 16.5. The fraction of sp³-hybridized carbons (Fsp3) is 0.737. The molecule has 1 fully saturated rings. The Morgan fingerprint density at radius 1 is 1.37 bits per heavy atom. The van der Waals surface area contributed by atoms with Gasteiger partial charge >= 0.3 is 12.0 Å². The Morgan fingerprint density at radius 2 is 2.07 bits per heavy atom. The minimum Gasteiger partial charge on any atom is -0.480 e. The minimum atomic E-state index is -0.798. The summed E-state index contributed by atoms with van der Waals surface area (Å²) in [5.41, 5.74) is 1.22. The van der Waals surface area contributed by atoms with Gasteiger partial charge in [-0.2, -0.15) is 0 Å². The van der Waals surface area contributed by atoms with Crippen LogP contribution in [0, 0.1) is 0 Å². The Morgan fingerprint density at radius 3 is 2.67 bits per heavy atom. The number of hydrogen-bond acceptors (Lipinski definition) is 5. The third kappa shape index (κ3) is 4.60. The molecule has 2 aliphatic rings. The summed E-state index contributed by atoms with van der Waals surface area (Å²) in [4.78, 5) is 33.4. The van der Waals surface area contributed by atoms with Crippen molar-refractivity contribution in [2.75, 3.05) is 31.5 Å². The van der Waals surface area contributed by atoms with Gasteiger partial charge in [-0.05, 0) is 38.6 Å². The van der Waals surface area contributed by atoms with E-state index in [1.165, 1.54) is 11.3 Å². The molecule has 27 heavy (non-hydrogen) atoms. The standard InChI is InChI=1S/C19H30N4O3S/c1-4-22(12-15(24)25)13-7-10-23(11-8-13)18(26)21-17-20-16-14(27-17)6-5-9-19(16,2)3/h13H,4-12H2,1-3H3,(H,24,25)(H,20,21,26). The van der Waals surface area contributed by atoms with Gasteiger partial charge in [-0.1, -0.05) is 20.8 Å². The number of likely N-dealkylation sites (tertiary alicyclic amines) is 1. The van der Waals surface area contributed by atoms with Gasteiger partial charge in [-0.15, -0.1) is 11.3 Å². The van der Waals surface area contributed by atoms with Gasteiger partial charge in [0.25, 0.3) is 0 Å². The second-order valence-corrected chi connectivity index (χ2v) is 9.22. The number of aliphatic carboxylic acids is 1. The summed E-state index contributed by atoms with van der Waals surface area (Å²) in [6.45, 7) is 8.48. The molecule has 1 aliphatic heterocycles. The molecule has 0 radical (unpaired) electrons. The molecule has 1 aromatic rings. The molecule has 0 spiro atoms. The number of carboxylic acids is 1. The Kier molecular flexibility index (Phi) is 6.05. The average molecular weight is 395 g/mol. The monoisotopic (exact) mass is 394 g/mol. The number of rotatable bonds is 5. The number of thiazole rings is 1. The van der Waals surface area contributed by atoms with Crippen LogP contribution in [0.4, 0.5) is 9.93 Å². The molecule has 8 heteroatoms. The molecule has 0 bridgehead atoms. The Balaban J connectivity index is 1.56. The van der Waals surface area contributed by atoms with Crippen LogP contribution in [0.15, 0.2) is 0 Å². The highest BCUT2D eigenvalue weighted by atomic mass is 32.1. The van der Waals surface area contributed by atoms with E-state index >= 15 is 0 Å². The second-order valence-electron chi connectivity index (χ2n) is 8.13. The van der Waals surface area contributed by atoms with Crippen LogP contribution < -0.4 is 5.32 Å². The Labute approximate surface area is 164 Å². The molecular weight excluding hydrogens is 364 g/mol. The van der Waals surface area contributed by atoms with E-state index in [4.69, 9.17) is 10.1 Å². The quantitative estimate of drug-likeness (QED) is 0.801. The largest absolute Gasteiger partial charge is 0.480 e. The fourth-order valence-corrected chi connectivity index (χ4v) is 5.36. The number of amides is 2. The predicted molar refractivity (Wildman–Crippen MR) is 107 cm³/mol. The fourth-order valence-electron chi connectivity index (χ4n) is 4.19. The lowest BCUT2D eigenvalue weighted by atomic mass is 9.79. The molecule has 2 N–H and O–H groups in total. The molecule has 2 amide bonds. The summed E-state index contributed by atoms with van der Waals surface area (Å²) < 4.78 is 0. The maximum Gasteiger partial charge on any atom is 0.323 e. The normalized spacial score (nSPS) is 19.8. The van der Waals surface area contributed by atoms with Crippen LogP contribution in [0.25, 0.3) is 0 Å². The van der Waals surface area contributed by atoms with Crippen molar-refractivity contribution in [2.45, 2.75) is 64.3 Å². The van der Waals surface area contributed by atoms with Crippen molar-refractivity contribution < 1.29 is 14.7 Å². The van der Waals surface area contributed by atoms with Crippen molar-refractivity contribution in [1.82, 2.24) is 14.8 Å². The molecule has 0 unspecified atom stereocenters. The number of urea groups is 1. The second kappa shape index (κ2) is 8.14. The number of nitrogens with zero attached hydrogens (tertiary/aromatic N) is 3. The maximum atomic E-state index is 12.6. The third-order valence-electron chi connectivity index (χ3n) is 5.77. The minimum absolute atomic E-state index is 0.0633. The Bertz CT molecular complexity index is 695. The number of nitrogens with one attached hydrogen (secondary N) is 1. The number of carbonyl (C=O) groups excluding carboxylic acids is 1. The molecule has 0 aromatic carbocycles. The number of hydrogen-bond donors (Lipinski definition) is 2. The van der Waals surface area contributed by atoms with Gasteiger partial charge in [0.2, 0.25) is 0 Å². The van der Waals surface area contributed by atoms with Crippen molar-refractivity contribution >= 4 is 28.5 Å². The summed E-state index contributed by atoms with van der Waals surface area (Å²) in [5, 5.41) is 12.7. The van der Waals surface area contributed by atoms with Gasteiger partial charge in [-0.3, -0.25) is 15.0 Å². The molecule has 2 heterocycles. The van der Waals surface area contributed by atoms with Crippen LogP contribution in [0.3, 0.4) is 0 Å². The molecule has 0 atom stereocenters. The molecule has 1 aromatic heterocycles. The van der Waals surface area contributed by atoms with Gasteiger partial charge in [-0.25, -0.2) is 9.78 Å². The lowest BCUT2D eigenvalue weighted by molar-refractivity contribution is -0.139. The zero-order valence-corrected chi connectivity index (χ0v) is 17.3. The number of anilines is 1. The van der Waals surface area contributed by atoms with Gasteiger partial charge < -0.3 is 10.0 Å². The van der Waals surface area contributed by atoms with Crippen LogP contribution in [-0.4, -0.2) is 64.1 Å². The van der Waals surface area contributed by atoms with Gasteiger partial charge in [0, 0.05) is 29.4 Å². The molecule has 1 saturated heterocycles. The smallest absolute Gasteiger partial charge is 0.323 e. The first-order valence-corrected chi connectivity index (χ1v) is 10.6. The van der Waals surface area contributed by atoms with Crippen molar-refractivity contribution in [3.05, 3.63) is 10.6 Å². The SMILES string of the molecule is CCN(CC(=O)O)C1CCN(C(=O)Nc2nc3c(s2)CCCC3(C)C)CC1. The first kappa shape index (κ1) is 20.1.